The highest BCUT2D eigenvalue weighted by Crippen LogP contribution is 2.22. The maximum Gasteiger partial charge on any atom is 0.253 e. The number of nitriles is 1. The minimum atomic E-state index is -1.26. The van der Waals surface area contributed by atoms with Gasteiger partial charge in [0.25, 0.3) is 5.91 Å². The van der Waals surface area contributed by atoms with Crippen LogP contribution in [0.15, 0.2) is 30.3 Å². The van der Waals surface area contributed by atoms with Crippen molar-refractivity contribution in [2.75, 3.05) is 13.1 Å². The summed E-state index contributed by atoms with van der Waals surface area (Å²) in [5.41, 5.74) is -0.608. The van der Waals surface area contributed by atoms with Crippen LogP contribution in [0.3, 0.4) is 0 Å². The monoisotopic (exact) mass is 230 g/mol. The minimum absolute atomic E-state index is 0.0365. The highest BCUT2D eigenvalue weighted by atomic mass is 16.3. The van der Waals surface area contributed by atoms with E-state index in [1.54, 1.807) is 17.0 Å². The molecule has 0 radical (unpaired) electrons. The maximum absolute atomic E-state index is 12.1. The first-order valence-corrected chi connectivity index (χ1v) is 5.63. The topological polar surface area (TPSA) is 64.3 Å². The number of benzene rings is 1. The molecule has 1 aromatic carbocycles. The van der Waals surface area contributed by atoms with Gasteiger partial charge in [0.05, 0.1) is 6.07 Å². The average Bonchev–Trinajstić information content (AvgIpc) is 2.40. The molecular formula is C13H14N2O2. The van der Waals surface area contributed by atoms with Crippen molar-refractivity contribution < 1.29 is 9.90 Å². The van der Waals surface area contributed by atoms with E-state index in [2.05, 4.69) is 0 Å². The standard InChI is InChI=1S/C13H14N2O2/c14-10-13(17)6-8-15(9-7-13)12(16)11-4-2-1-3-5-11/h1-5,17H,6-9H2. The van der Waals surface area contributed by atoms with Crippen LogP contribution in [0, 0.1) is 11.3 Å². The van der Waals surface area contributed by atoms with Gasteiger partial charge in [-0.1, -0.05) is 18.2 Å². The first-order valence-electron chi connectivity index (χ1n) is 5.63. The summed E-state index contributed by atoms with van der Waals surface area (Å²) in [5.74, 6) is -0.0365. The number of carbonyl (C=O) groups excluding carboxylic acids is 1. The number of carbonyl (C=O) groups is 1. The molecule has 4 nitrogen and oxygen atoms in total. The fraction of sp³-hybridized carbons (Fsp3) is 0.385. The Balaban J connectivity index is 2.03. The van der Waals surface area contributed by atoms with E-state index in [-0.39, 0.29) is 5.91 Å². The van der Waals surface area contributed by atoms with E-state index in [9.17, 15) is 9.90 Å². The van der Waals surface area contributed by atoms with Crippen molar-refractivity contribution in [1.29, 1.82) is 5.26 Å². The third-order valence-corrected chi connectivity index (χ3v) is 3.11. The van der Waals surface area contributed by atoms with Crippen LogP contribution < -0.4 is 0 Å². The third-order valence-electron chi connectivity index (χ3n) is 3.11. The second-order valence-corrected chi connectivity index (χ2v) is 4.30. The molecule has 4 heteroatoms. The Morgan fingerprint density at radius 3 is 2.41 bits per heavy atom. The molecule has 17 heavy (non-hydrogen) atoms. The van der Waals surface area contributed by atoms with Crippen molar-refractivity contribution >= 4 is 5.91 Å². The third kappa shape index (κ3) is 2.45. The molecule has 1 N–H and O–H groups in total. The molecular weight excluding hydrogens is 216 g/mol. The van der Waals surface area contributed by atoms with Gasteiger partial charge in [-0.25, -0.2) is 0 Å². The molecule has 88 valence electrons. The number of nitrogens with zero attached hydrogens (tertiary/aromatic N) is 2. The van der Waals surface area contributed by atoms with Gasteiger partial charge >= 0.3 is 0 Å². The van der Waals surface area contributed by atoms with Gasteiger partial charge in [-0.2, -0.15) is 5.26 Å². The fourth-order valence-electron chi connectivity index (χ4n) is 1.95. The van der Waals surface area contributed by atoms with Crippen LogP contribution in [0.2, 0.25) is 0 Å². The van der Waals surface area contributed by atoms with Crippen LogP contribution >= 0.6 is 0 Å². The van der Waals surface area contributed by atoms with Crippen LogP contribution in [0.5, 0.6) is 0 Å². The number of likely N-dealkylation sites (tertiary alicyclic amines) is 1. The van der Waals surface area contributed by atoms with Crippen LogP contribution in [-0.4, -0.2) is 34.6 Å². The summed E-state index contributed by atoms with van der Waals surface area (Å²) in [6, 6.07) is 10.9. The number of piperidine rings is 1. The molecule has 1 aliphatic heterocycles. The van der Waals surface area contributed by atoms with Crippen molar-refractivity contribution in [2.24, 2.45) is 0 Å². The number of hydrogen-bond donors (Lipinski definition) is 1. The lowest BCUT2D eigenvalue weighted by Crippen LogP contribution is -2.45. The number of aliphatic hydroxyl groups is 1. The molecule has 0 bridgehead atoms. The van der Waals surface area contributed by atoms with Crippen molar-refractivity contribution in [3.63, 3.8) is 0 Å². The first-order chi connectivity index (χ1) is 8.14. The molecule has 0 aliphatic carbocycles. The Morgan fingerprint density at radius 1 is 1.29 bits per heavy atom. The van der Waals surface area contributed by atoms with Crippen LogP contribution in [0.1, 0.15) is 23.2 Å². The summed E-state index contributed by atoms with van der Waals surface area (Å²) < 4.78 is 0. The molecule has 1 amide bonds. The quantitative estimate of drug-likeness (QED) is 0.737. The lowest BCUT2D eigenvalue weighted by molar-refractivity contribution is 0.0236. The minimum Gasteiger partial charge on any atom is -0.375 e. The molecule has 1 fully saturated rings. The lowest BCUT2D eigenvalue weighted by atomic mass is 9.93. The lowest BCUT2D eigenvalue weighted by Gasteiger charge is -2.33. The molecule has 2 rings (SSSR count). The molecule has 0 spiro atoms. The zero-order chi connectivity index (χ0) is 12.3. The van der Waals surface area contributed by atoms with Crippen LogP contribution in [0.4, 0.5) is 0 Å². The average molecular weight is 230 g/mol. The van der Waals surface area contributed by atoms with Crippen molar-refractivity contribution in [2.45, 2.75) is 18.4 Å². The van der Waals surface area contributed by atoms with Gasteiger partial charge in [0.1, 0.15) is 0 Å². The summed E-state index contributed by atoms with van der Waals surface area (Å²) >= 11 is 0. The second kappa shape index (κ2) is 4.56. The maximum atomic E-state index is 12.1. The van der Waals surface area contributed by atoms with Crippen LogP contribution in [-0.2, 0) is 0 Å². The largest absolute Gasteiger partial charge is 0.375 e. The van der Waals surface area contributed by atoms with Gasteiger partial charge in [-0.3, -0.25) is 4.79 Å². The normalized spacial score (nSPS) is 18.5. The molecule has 0 unspecified atom stereocenters. The molecule has 0 atom stereocenters. The van der Waals surface area contributed by atoms with Gasteiger partial charge in [0.2, 0.25) is 0 Å². The van der Waals surface area contributed by atoms with Crippen LogP contribution in [0.25, 0.3) is 0 Å². The zero-order valence-corrected chi connectivity index (χ0v) is 9.47. The summed E-state index contributed by atoms with van der Waals surface area (Å²) in [7, 11) is 0. The number of hydrogen-bond acceptors (Lipinski definition) is 3. The zero-order valence-electron chi connectivity index (χ0n) is 9.47. The molecule has 1 aliphatic rings. The van der Waals surface area contributed by atoms with E-state index >= 15 is 0 Å². The Bertz CT molecular complexity index is 442. The Morgan fingerprint density at radius 2 is 1.88 bits per heavy atom. The van der Waals surface area contributed by atoms with E-state index < -0.39 is 5.60 Å². The molecule has 0 aromatic heterocycles. The predicted octanol–water partition coefficient (Wildman–Crippen LogP) is 1.18. The Hall–Kier alpha value is -1.86. The summed E-state index contributed by atoms with van der Waals surface area (Å²) in [4.78, 5) is 13.7. The van der Waals surface area contributed by atoms with Crippen molar-refractivity contribution in [3.8, 4) is 6.07 Å². The number of rotatable bonds is 1. The second-order valence-electron chi connectivity index (χ2n) is 4.30. The summed E-state index contributed by atoms with van der Waals surface area (Å²) in [6.07, 6.45) is 0.643. The molecule has 0 saturated carbocycles. The fourth-order valence-corrected chi connectivity index (χ4v) is 1.95. The van der Waals surface area contributed by atoms with E-state index in [4.69, 9.17) is 5.26 Å². The smallest absolute Gasteiger partial charge is 0.253 e. The first kappa shape index (κ1) is 11.6. The molecule has 1 heterocycles. The summed E-state index contributed by atoms with van der Waals surface area (Å²) in [5, 5.41) is 18.5. The highest BCUT2D eigenvalue weighted by Gasteiger charge is 2.33. The molecule has 1 saturated heterocycles. The van der Waals surface area contributed by atoms with E-state index in [1.165, 1.54) is 0 Å². The van der Waals surface area contributed by atoms with Gasteiger partial charge in [-0.15, -0.1) is 0 Å². The SMILES string of the molecule is N#CC1(O)CCN(C(=O)c2ccccc2)CC1. The van der Waals surface area contributed by atoms with E-state index in [0.717, 1.165) is 0 Å². The Kier molecular flexibility index (Phi) is 3.12. The van der Waals surface area contributed by atoms with Gasteiger partial charge in [0, 0.05) is 31.5 Å². The molecule has 1 aromatic rings. The van der Waals surface area contributed by atoms with E-state index in [1.807, 2.05) is 24.3 Å². The predicted molar refractivity (Wildman–Crippen MR) is 62.1 cm³/mol. The van der Waals surface area contributed by atoms with Gasteiger partial charge < -0.3 is 10.0 Å². The van der Waals surface area contributed by atoms with E-state index in [0.29, 0.717) is 31.5 Å². The van der Waals surface area contributed by atoms with Gasteiger partial charge in [-0.05, 0) is 12.1 Å². The van der Waals surface area contributed by atoms with Gasteiger partial charge in [0.15, 0.2) is 5.60 Å². The Labute approximate surface area is 100 Å². The van der Waals surface area contributed by atoms with Crippen molar-refractivity contribution in [1.82, 2.24) is 4.90 Å². The highest BCUT2D eigenvalue weighted by molar-refractivity contribution is 5.94. The van der Waals surface area contributed by atoms with Crippen molar-refractivity contribution in [3.05, 3.63) is 35.9 Å². The number of amides is 1. The summed E-state index contributed by atoms with van der Waals surface area (Å²) in [6.45, 7) is 0.857.